The van der Waals surface area contributed by atoms with Gasteiger partial charge in [-0.05, 0) is 0 Å². The summed E-state index contributed by atoms with van der Waals surface area (Å²) in [5.74, 6) is 0. The molecule has 0 aliphatic rings. The van der Waals surface area contributed by atoms with Crippen molar-refractivity contribution in [2.24, 2.45) is 0 Å². The zero-order valence-corrected chi connectivity index (χ0v) is 15.8. The van der Waals surface area contributed by atoms with Crippen LogP contribution >= 0.6 is 0 Å². The Morgan fingerprint density at radius 1 is 0.471 bits per heavy atom. The van der Waals surface area contributed by atoms with Crippen LogP contribution in [0.15, 0.2) is 0 Å². The molecule has 0 atom stereocenters. The summed E-state index contributed by atoms with van der Waals surface area (Å²) < 4.78 is 103. The van der Waals surface area contributed by atoms with Gasteiger partial charge < -0.3 is 0 Å². The molecule has 0 unspecified atom stereocenters. The van der Waals surface area contributed by atoms with Crippen LogP contribution in [0, 0.1) is 0 Å². The summed E-state index contributed by atoms with van der Waals surface area (Å²) in [5.41, 5.74) is 0. The van der Waals surface area contributed by atoms with E-state index in [-0.39, 0.29) is 38.3 Å². The van der Waals surface area contributed by atoms with Gasteiger partial charge in [0.1, 0.15) is 0 Å². The molecule has 0 aromatic rings. The van der Waals surface area contributed by atoms with E-state index in [9.17, 15) is 0 Å². The van der Waals surface area contributed by atoms with Crippen LogP contribution in [0.3, 0.4) is 0 Å². The van der Waals surface area contributed by atoms with Crippen molar-refractivity contribution < 1.29 is 88.6 Å². The van der Waals surface area contributed by atoms with Crippen molar-refractivity contribution in [2.45, 2.75) is 0 Å². The fourth-order valence-electron chi connectivity index (χ4n) is 0. The first-order chi connectivity index (χ1) is 6.00. The first-order valence-electron chi connectivity index (χ1n) is 2.00. The average molecular weight is 583 g/mol. The molecule has 0 fully saturated rings. The maximum Gasteiger partial charge on any atom is 4.00 e. The van der Waals surface area contributed by atoms with Crippen molar-refractivity contribution in [1.29, 1.82) is 0 Å². The Morgan fingerprint density at radius 3 is 0.471 bits per heavy atom. The Balaban J connectivity index is -0.0000000400. The largest absolute Gasteiger partial charge is 4.00 e. The fraction of sp³-hybridized carbons (Fsp3) is 0. The molecule has 0 aliphatic heterocycles. The van der Waals surface area contributed by atoms with Gasteiger partial charge in [0.15, 0.2) is 0 Å². The molecule has 2 radical (unpaired) electrons. The van der Waals surface area contributed by atoms with Crippen LogP contribution in [0.1, 0.15) is 0 Å². The first kappa shape index (κ1) is 31.0. The van der Waals surface area contributed by atoms with Crippen LogP contribution in [-0.2, 0) is 63.7 Å². The van der Waals surface area contributed by atoms with Gasteiger partial charge in [-0.3, -0.25) is 0 Å². The molecule has 0 rings (SSSR count). The van der Waals surface area contributed by atoms with E-state index in [4.69, 9.17) is 47.8 Å². The van der Waals surface area contributed by atoms with Crippen molar-refractivity contribution >= 4 is 38.3 Å². The third-order valence-electron chi connectivity index (χ3n) is 0. The smallest absolute Gasteiger partial charge is 2.00 e. The number of hydrogen-bond donors (Lipinski definition) is 0. The van der Waals surface area contributed by atoms with E-state index in [1.807, 2.05) is 0 Å². The Kier molecular flexibility index (Phi) is 22.5. The monoisotopic (exact) mass is 584 g/mol. The predicted octanol–water partition coefficient (Wildman–Crippen LogP) is -8.62. The van der Waals surface area contributed by atoms with E-state index >= 15 is 0 Å². The molecule has 17 heavy (non-hydrogen) atoms. The Morgan fingerprint density at radius 2 is 0.471 bits per heavy atom. The third kappa shape index (κ3) is 2410. The second-order valence-electron chi connectivity index (χ2n) is 1.22. The topological polar surface area (TPSA) is 241 Å². The van der Waals surface area contributed by atoms with Gasteiger partial charge in [0.2, 0.25) is 0 Å². The van der Waals surface area contributed by atoms with Gasteiger partial charge in [0, 0.05) is 0 Å². The molecule has 0 spiro atoms. The molecule has 0 amide bonds. The van der Waals surface area contributed by atoms with Gasteiger partial charge in [0.05, 0.1) is 0 Å². The van der Waals surface area contributed by atoms with Gasteiger partial charge in [-0.2, -0.15) is 0 Å². The predicted molar refractivity (Wildman–Crippen MR) is 15.6 cm³/mol. The van der Waals surface area contributed by atoms with Crippen molar-refractivity contribution in [2.75, 3.05) is 0 Å². The van der Waals surface area contributed by atoms with Crippen molar-refractivity contribution in [3.8, 4) is 0 Å². The van der Waals surface area contributed by atoms with E-state index in [2.05, 4.69) is 0 Å². The SMILES string of the molecule is [O]=[Cr](=[O])([O-])[O-].[O]=[Cr](=[O])([O-])[O-].[O]=[Cr](=[O])([O-])[O-].[Pb+2].[Si+4]. The van der Waals surface area contributed by atoms with Gasteiger partial charge in [-0.1, -0.05) is 0 Å². The second kappa shape index (κ2) is 12.3. The Hall–Kier alpha value is 1.30. The molecule has 0 bridgehead atoms. The average Bonchev–Trinajstić information content (AvgIpc) is 1.41. The summed E-state index contributed by atoms with van der Waals surface area (Å²) in [5, 5.41) is 0. The van der Waals surface area contributed by atoms with Crippen LogP contribution in [0.5, 0.6) is 0 Å². The van der Waals surface area contributed by atoms with Crippen LogP contribution in [0.25, 0.3) is 0 Å². The molecular formula is Cr3O12PbSi. The van der Waals surface area contributed by atoms with E-state index < -0.39 is 40.8 Å². The molecule has 17 heteroatoms. The van der Waals surface area contributed by atoms with Crippen molar-refractivity contribution in [3.05, 3.63) is 0 Å². The normalized spacial score (nSPS) is 10.2. The summed E-state index contributed by atoms with van der Waals surface area (Å²) in [7, 11) is 0. The standard InChI is InChI=1S/3Cr.12O.Pb.Si/q;;;;;;;;;6*-1;+2;+4. The van der Waals surface area contributed by atoms with E-state index in [1.165, 1.54) is 0 Å². The van der Waals surface area contributed by atoms with E-state index in [0.717, 1.165) is 0 Å². The fourth-order valence-corrected chi connectivity index (χ4v) is 0. The molecule has 0 heterocycles. The van der Waals surface area contributed by atoms with Crippen LogP contribution < -0.4 is 24.9 Å². The molecule has 0 aliphatic carbocycles. The zero-order valence-electron chi connectivity index (χ0n) is 7.12. The number of rotatable bonds is 0. The van der Waals surface area contributed by atoms with E-state index in [1.54, 1.807) is 0 Å². The van der Waals surface area contributed by atoms with Gasteiger partial charge in [0.25, 0.3) is 0 Å². The quantitative estimate of drug-likeness (QED) is 0.242. The minimum absolute atomic E-state index is 0. The van der Waals surface area contributed by atoms with Crippen LogP contribution in [0.2, 0.25) is 0 Å². The molecule has 0 aromatic carbocycles. The molecule has 98 valence electrons. The van der Waals surface area contributed by atoms with Crippen LogP contribution in [0.4, 0.5) is 0 Å². The summed E-state index contributed by atoms with van der Waals surface area (Å²) in [6.45, 7) is 0. The Bertz CT molecular complexity index is 343. The first-order valence-corrected chi connectivity index (χ1v) is 8.25. The van der Waals surface area contributed by atoms with Gasteiger partial charge in [-0.25, -0.2) is 0 Å². The summed E-state index contributed by atoms with van der Waals surface area (Å²) in [4.78, 5) is 0. The molecule has 0 saturated heterocycles. The summed E-state index contributed by atoms with van der Waals surface area (Å²) in [6, 6.07) is 0. The molecular weight excluding hydrogens is 583 g/mol. The zero-order chi connectivity index (χ0) is 13.5. The van der Waals surface area contributed by atoms with Crippen molar-refractivity contribution in [1.82, 2.24) is 0 Å². The Labute approximate surface area is 126 Å². The number of hydrogen-bond acceptors (Lipinski definition) is 12. The minimum atomic E-state index is -5.75. The van der Waals surface area contributed by atoms with Gasteiger partial charge >= 0.3 is 127 Å². The van der Waals surface area contributed by atoms with Gasteiger partial charge in [-0.15, -0.1) is 0 Å². The molecule has 0 N–H and O–H groups in total. The molecule has 0 saturated carbocycles. The van der Waals surface area contributed by atoms with Crippen LogP contribution in [-0.4, -0.2) is 38.3 Å². The second-order valence-corrected chi connectivity index (χ2v) is 5.05. The summed E-state index contributed by atoms with van der Waals surface area (Å²) in [6.07, 6.45) is 0. The minimum Gasteiger partial charge on any atom is 2.00 e. The molecule has 0 aromatic heterocycles. The van der Waals surface area contributed by atoms with E-state index in [0.29, 0.717) is 0 Å². The maximum atomic E-state index is 8.59. The maximum absolute atomic E-state index is 8.59. The molecule has 12 nitrogen and oxygen atoms in total. The van der Waals surface area contributed by atoms with Crippen molar-refractivity contribution in [3.63, 3.8) is 0 Å². The third-order valence-corrected chi connectivity index (χ3v) is 0. The summed E-state index contributed by atoms with van der Waals surface area (Å²) >= 11 is -17.2.